The van der Waals surface area contributed by atoms with Crippen LogP contribution in [-0.4, -0.2) is 22.9 Å². The van der Waals surface area contributed by atoms with Gasteiger partial charge in [0.05, 0.1) is 12.2 Å². The van der Waals surface area contributed by atoms with Crippen LogP contribution in [0.4, 0.5) is 0 Å². The fourth-order valence-corrected chi connectivity index (χ4v) is 2.25. The number of nitrogens with zero attached hydrogens (tertiary/aromatic N) is 1. The van der Waals surface area contributed by atoms with Gasteiger partial charge in [-0.3, -0.25) is 0 Å². The molecule has 1 aromatic rings. The van der Waals surface area contributed by atoms with E-state index in [1.54, 1.807) is 7.11 Å². The van der Waals surface area contributed by atoms with E-state index in [1.807, 2.05) is 6.07 Å². The lowest BCUT2D eigenvalue weighted by molar-refractivity contribution is 0.101. The Morgan fingerprint density at radius 2 is 2.47 bits per heavy atom. The van der Waals surface area contributed by atoms with Gasteiger partial charge >= 0.3 is 0 Å². The van der Waals surface area contributed by atoms with Crippen molar-refractivity contribution in [3.05, 3.63) is 23.5 Å². The maximum atomic E-state index is 9.82. The molecule has 15 heavy (non-hydrogen) atoms. The molecule has 2 rings (SSSR count). The summed E-state index contributed by atoms with van der Waals surface area (Å²) in [7, 11) is 1.73. The number of methoxy groups -OCH3 is 1. The second-order valence-electron chi connectivity index (χ2n) is 4.32. The predicted molar refractivity (Wildman–Crippen MR) is 58.8 cm³/mol. The summed E-state index contributed by atoms with van der Waals surface area (Å²) in [6, 6.07) is 2.04. The fourth-order valence-electron chi connectivity index (χ4n) is 2.25. The zero-order valence-electron chi connectivity index (χ0n) is 9.44. The number of hydrogen-bond donors (Lipinski definition) is 1. The van der Waals surface area contributed by atoms with E-state index in [9.17, 15) is 5.11 Å². The van der Waals surface area contributed by atoms with E-state index in [4.69, 9.17) is 4.74 Å². The second kappa shape index (κ2) is 4.37. The van der Waals surface area contributed by atoms with Gasteiger partial charge in [0, 0.05) is 31.1 Å². The van der Waals surface area contributed by atoms with Crippen molar-refractivity contribution >= 4 is 0 Å². The Bertz CT molecular complexity index is 332. The SMILES string of the molecule is COC(C)Cn1ccc2c1CCCC2O. The lowest BCUT2D eigenvalue weighted by Crippen LogP contribution is -2.18. The first-order valence-corrected chi connectivity index (χ1v) is 5.61. The van der Waals surface area contributed by atoms with Gasteiger partial charge in [0.25, 0.3) is 0 Å². The molecule has 0 bridgehead atoms. The van der Waals surface area contributed by atoms with E-state index in [2.05, 4.69) is 17.7 Å². The van der Waals surface area contributed by atoms with Crippen LogP contribution >= 0.6 is 0 Å². The van der Waals surface area contributed by atoms with Crippen molar-refractivity contribution in [2.75, 3.05) is 7.11 Å². The molecule has 2 unspecified atom stereocenters. The van der Waals surface area contributed by atoms with E-state index in [0.29, 0.717) is 0 Å². The van der Waals surface area contributed by atoms with Crippen LogP contribution < -0.4 is 0 Å². The Balaban J connectivity index is 2.19. The molecule has 1 aromatic heterocycles. The number of aliphatic hydroxyl groups is 1. The molecule has 0 fully saturated rings. The van der Waals surface area contributed by atoms with Gasteiger partial charge in [0.1, 0.15) is 0 Å². The van der Waals surface area contributed by atoms with Crippen molar-refractivity contribution in [1.29, 1.82) is 0 Å². The first-order chi connectivity index (χ1) is 7.22. The third kappa shape index (κ3) is 2.08. The van der Waals surface area contributed by atoms with Crippen LogP contribution in [0.3, 0.4) is 0 Å². The van der Waals surface area contributed by atoms with Crippen molar-refractivity contribution in [1.82, 2.24) is 4.57 Å². The highest BCUT2D eigenvalue weighted by atomic mass is 16.5. The number of aliphatic hydroxyl groups excluding tert-OH is 1. The molecule has 0 spiro atoms. The quantitative estimate of drug-likeness (QED) is 0.825. The fraction of sp³-hybridized carbons (Fsp3) is 0.667. The molecule has 1 heterocycles. The molecule has 0 aromatic carbocycles. The van der Waals surface area contributed by atoms with Crippen molar-refractivity contribution in [2.24, 2.45) is 0 Å². The number of hydrogen-bond acceptors (Lipinski definition) is 2. The summed E-state index contributed by atoms with van der Waals surface area (Å²) in [5.74, 6) is 0. The average Bonchev–Trinajstić information content (AvgIpc) is 2.63. The van der Waals surface area contributed by atoms with E-state index >= 15 is 0 Å². The highest BCUT2D eigenvalue weighted by molar-refractivity contribution is 5.27. The molecule has 0 saturated carbocycles. The van der Waals surface area contributed by atoms with E-state index in [1.165, 1.54) is 5.69 Å². The van der Waals surface area contributed by atoms with Crippen LogP contribution in [0.25, 0.3) is 0 Å². The van der Waals surface area contributed by atoms with Gasteiger partial charge < -0.3 is 14.4 Å². The highest BCUT2D eigenvalue weighted by Gasteiger charge is 2.21. The Kier molecular flexibility index (Phi) is 3.12. The van der Waals surface area contributed by atoms with Crippen molar-refractivity contribution in [2.45, 2.75) is 44.9 Å². The Morgan fingerprint density at radius 3 is 3.20 bits per heavy atom. The Labute approximate surface area is 90.7 Å². The van der Waals surface area contributed by atoms with Crippen LogP contribution in [0, 0.1) is 0 Å². The van der Waals surface area contributed by atoms with Crippen LogP contribution in [-0.2, 0) is 17.7 Å². The van der Waals surface area contributed by atoms with E-state index in [-0.39, 0.29) is 12.2 Å². The molecule has 2 atom stereocenters. The summed E-state index contributed by atoms with van der Waals surface area (Å²) in [6.45, 7) is 2.93. The first-order valence-electron chi connectivity index (χ1n) is 5.61. The largest absolute Gasteiger partial charge is 0.388 e. The normalized spacial score (nSPS) is 22.5. The lowest BCUT2D eigenvalue weighted by atomic mass is 9.95. The maximum absolute atomic E-state index is 9.82. The summed E-state index contributed by atoms with van der Waals surface area (Å²) >= 11 is 0. The smallest absolute Gasteiger partial charge is 0.0807 e. The van der Waals surface area contributed by atoms with Crippen molar-refractivity contribution in [3.8, 4) is 0 Å². The molecule has 1 aliphatic rings. The topological polar surface area (TPSA) is 34.4 Å². The zero-order valence-corrected chi connectivity index (χ0v) is 9.44. The standard InChI is InChI=1S/C12H19NO2/c1-9(15-2)8-13-7-6-10-11(13)4-3-5-12(10)14/h6-7,9,12,14H,3-5,8H2,1-2H3. The number of fused-ring (bicyclic) bond motifs is 1. The van der Waals surface area contributed by atoms with E-state index in [0.717, 1.165) is 31.4 Å². The van der Waals surface area contributed by atoms with Crippen LogP contribution in [0.1, 0.15) is 37.1 Å². The first kappa shape index (κ1) is 10.7. The average molecular weight is 209 g/mol. The van der Waals surface area contributed by atoms with Gasteiger partial charge in [-0.1, -0.05) is 0 Å². The highest BCUT2D eigenvalue weighted by Crippen LogP contribution is 2.30. The minimum atomic E-state index is -0.257. The third-order valence-corrected chi connectivity index (χ3v) is 3.22. The van der Waals surface area contributed by atoms with Gasteiger partial charge in [0.2, 0.25) is 0 Å². The summed E-state index contributed by atoms with van der Waals surface area (Å²) in [4.78, 5) is 0. The molecule has 3 nitrogen and oxygen atoms in total. The molecule has 1 aliphatic carbocycles. The zero-order chi connectivity index (χ0) is 10.8. The van der Waals surface area contributed by atoms with Gasteiger partial charge in [-0.25, -0.2) is 0 Å². The van der Waals surface area contributed by atoms with Crippen molar-refractivity contribution in [3.63, 3.8) is 0 Å². The summed E-state index contributed by atoms with van der Waals surface area (Å²) in [5.41, 5.74) is 2.40. The van der Waals surface area contributed by atoms with Gasteiger partial charge in [-0.05, 0) is 32.3 Å². The molecule has 0 aliphatic heterocycles. The second-order valence-corrected chi connectivity index (χ2v) is 4.32. The summed E-state index contributed by atoms with van der Waals surface area (Å²) < 4.78 is 7.47. The number of aromatic nitrogens is 1. The lowest BCUT2D eigenvalue weighted by Gasteiger charge is -2.21. The molecular formula is C12H19NO2. The predicted octanol–water partition coefficient (Wildman–Crippen LogP) is 1.89. The van der Waals surface area contributed by atoms with Gasteiger partial charge in [0.15, 0.2) is 0 Å². The third-order valence-electron chi connectivity index (χ3n) is 3.22. The summed E-state index contributed by atoms with van der Waals surface area (Å²) in [5, 5.41) is 9.82. The Morgan fingerprint density at radius 1 is 1.67 bits per heavy atom. The molecule has 3 heteroatoms. The number of ether oxygens (including phenoxy) is 1. The maximum Gasteiger partial charge on any atom is 0.0807 e. The van der Waals surface area contributed by atoms with Crippen LogP contribution in [0.15, 0.2) is 12.3 Å². The molecule has 1 N–H and O–H groups in total. The molecule has 84 valence electrons. The monoisotopic (exact) mass is 209 g/mol. The van der Waals surface area contributed by atoms with Crippen LogP contribution in [0.2, 0.25) is 0 Å². The number of rotatable bonds is 3. The van der Waals surface area contributed by atoms with Gasteiger partial charge in [-0.2, -0.15) is 0 Å². The Hall–Kier alpha value is -0.800. The minimum absolute atomic E-state index is 0.223. The van der Waals surface area contributed by atoms with Crippen LogP contribution in [0.5, 0.6) is 0 Å². The van der Waals surface area contributed by atoms with E-state index < -0.39 is 0 Å². The molecular weight excluding hydrogens is 190 g/mol. The molecule has 0 radical (unpaired) electrons. The molecule has 0 amide bonds. The van der Waals surface area contributed by atoms with Crippen molar-refractivity contribution < 1.29 is 9.84 Å². The minimum Gasteiger partial charge on any atom is -0.388 e. The summed E-state index contributed by atoms with van der Waals surface area (Å²) in [6.07, 6.45) is 5.09. The molecule has 0 saturated heterocycles. The van der Waals surface area contributed by atoms with Gasteiger partial charge in [-0.15, -0.1) is 0 Å².